The lowest BCUT2D eigenvalue weighted by Crippen LogP contribution is -2.26. The summed E-state index contributed by atoms with van der Waals surface area (Å²) in [5.74, 6) is 0.585. The van der Waals surface area contributed by atoms with Crippen LogP contribution in [0, 0.1) is 5.82 Å². The molecule has 1 aliphatic rings. The van der Waals surface area contributed by atoms with Gasteiger partial charge < -0.3 is 10.2 Å². The monoisotopic (exact) mass is 437 g/mol. The molecule has 33 heavy (non-hydrogen) atoms. The summed E-state index contributed by atoms with van der Waals surface area (Å²) in [4.78, 5) is 4.48. The van der Waals surface area contributed by atoms with Gasteiger partial charge in [-0.25, -0.2) is 9.40 Å². The molecule has 0 saturated heterocycles. The number of rotatable bonds is 6. The SMILES string of the molecule is CN1CC(c2ccc(OCc3ccccc3)cc2)=C(c2ccnc(-c3ccc(F)cc3)c2)N1. The van der Waals surface area contributed by atoms with Gasteiger partial charge in [0, 0.05) is 36.5 Å². The fraction of sp³-hybridized carbons (Fsp3) is 0.107. The maximum Gasteiger partial charge on any atom is 0.123 e. The maximum absolute atomic E-state index is 13.3. The highest BCUT2D eigenvalue weighted by Crippen LogP contribution is 2.32. The molecule has 5 rings (SSSR count). The Labute approximate surface area is 193 Å². The topological polar surface area (TPSA) is 37.4 Å². The Morgan fingerprint density at radius 2 is 1.61 bits per heavy atom. The first-order valence-electron chi connectivity index (χ1n) is 10.9. The van der Waals surface area contributed by atoms with E-state index in [1.165, 1.54) is 17.7 Å². The third-order valence-electron chi connectivity index (χ3n) is 5.64. The quantitative estimate of drug-likeness (QED) is 0.415. The zero-order chi connectivity index (χ0) is 22.6. The molecule has 0 aliphatic carbocycles. The first-order valence-corrected chi connectivity index (χ1v) is 10.9. The number of benzene rings is 3. The Hall–Kier alpha value is -3.96. The molecule has 1 aliphatic heterocycles. The smallest absolute Gasteiger partial charge is 0.123 e. The highest BCUT2D eigenvalue weighted by molar-refractivity contribution is 5.93. The molecular weight excluding hydrogens is 413 g/mol. The van der Waals surface area contributed by atoms with E-state index in [0.717, 1.165) is 45.9 Å². The number of hydrazine groups is 1. The van der Waals surface area contributed by atoms with Crippen molar-refractivity contribution in [2.45, 2.75) is 6.61 Å². The number of aromatic nitrogens is 1. The van der Waals surface area contributed by atoms with E-state index in [-0.39, 0.29) is 5.82 Å². The van der Waals surface area contributed by atoms with E-state index in [9.17, 15) is 4.39 Å². The molecule has 0 spiro atoms. The highest BCUT2D eigenvalue weighted by atomic mass is 19.1. The van der Waals surface area contributed by atoms with Gasteiger partial charge in [0.05, 0.1) is 11.4 Å². The van der Waals surface area contributed by atoms with Crippen molar-refractivity contribution in [2.24, 2.45) is 0 Å². The van der Waals surface area contributed by atoms with Gasteiger partial charge >= 0.3 is 0 Å². The van der Waals surface area contributed by atoms with Gasteiger partial charge in [-0.15, -0.1) is 0 Å². The van der Waals surface area contributed by atoms with Crippen LogP contribution in [0.2, 0.25) is 0 Å². The van der Waals surface area contributed by atoms with Crippen LogP contribution in [-0.2, 0) is 6.61 Å². The lowest BCUT2D eigenvalue weighted by atomic mass is 10.00. The Kier molecular flexibility index (Phi) is 5.87. The van der Waals surface area contributed by atoms with Crippen LogP contribution in [0.4, 0.5) is 4.39 Å². The Morgan fingerprint density at radius 1 is 0.879 bits per heavy atom. The molecule has 4 aromatic rings. The molecule has 0 saturated carbocycles. The van der Waals surface area contributed by atoms with E-state index in [1.54, 1.807) is 18.3 Å². The van der Waals surface area contributed by atoms with E-state index < -0.39 is 0 Å². The largest absolute Gasteiger partial charge is 0.489 e. The summed E-state index contributed by atoms with van der Waals surface area (Å²) in [7, 11) is 2.02. The van der Waals surface area contributed by atoms with Gasteiger partial charge in [0.15, 0.2) is 0 Å². The zero-order valence-electron chi connectivity index (χ0n) is 18.3. The summed E-state index contributed by atoms with van der Waals surface area (Å²) in [6, 6.07) is 28.8. The first-order chi connectivity index (χ1) is 16.2. The Balaban J connectivity index is 1.40. The molecule has 1 aromatic heterocycles. The van der Waals surface area contributed by atoms with Gasteiger partial charge in [-0.05, 0) is 59.7 Å². The molecule has 0 radical (unpaired) electrons. The van der Waals surface area contributed by atoms with Crippen LogP contribution >= 0.6 is 0 Å². The fourth-order valence-corrected chi connectivity index (χ4v) is 3.95. The highest BCUT2D eigenvalue weighted by Gasteiger charge is 2.21. The van der Waals surface area contributed by atoms with Crippen LogP contribution in [0.15, 0.2) is 97.2 Å². The molecule has 0 fully saturated rings. The summed E-state index contributed by atoms with van der Waals surface area (Å²) in [5.41, 5.74) is 10.7. The molecule has 0 unspecified atom stereocenters. The second-order valence-electron chi connectivity index (χ2n) is 8.06. The van der Waals surface area contributed by atoms with Crippen LogP contribution in [0.3, 0.4) is 0 Å². The van der Waals surface area contributed by atoms with E-state index in [2.05, 4.69) is 39.7 Å². The summed E-state index contributed by atoms with van der Waals surface area (Å²) in [5, 5.41) is 2.06. The van der Waals surface area contributed by atoms with Crippen molar-refractivity contribution in [3.8, 4) is 17.0 Å². The van der Waals surface area contributed by atoms with Crippen molar-refractivity contribution in [1.82, 2.24) is 15.4 Å². The summed E-state index contributed by atoms with van der Waals surface area (Å²) in [6.45, 7) is 1.31. The number of likely N-dealkylation sites (N-methyl/N-ethyl adjacent to an activating group) is 1. The first kappa shape index (κ1) is 20.9. The third kappa shape index (κ3) is 4.78. The van der Waals surface area contributed by atoms with E-state index in [4.69, 9.17) is 4.74 Å². The average molecular weight is 438 g/mol. The minimum atomic E-state index is -0.254. The van der Waals surface area contributed by atoms with Crippen LogP contribution in [-0.4, -0.2) is 23.6 Å². The van der Waals surface area contributed by atoms with Crippen molar-refractivity contribution in [3.63, 3.8) is 0 Å². The van der Waals surface area contributed by atoms with Gasteiger partial charge in [0.1, 0.15) is 18.2 Å². The molecule has 164 valence electrons. The second kappa shape index (κ2) is 9.27. The number of nitrogens with zero attached hydrogens (tertiary/aromatic N) is 2. The number of hydrogen-bond acceptors (Lipinski definition) is 4. The molecule has 2 heterocycles. The van der Waals surface area contributed by atoms with Crippen molar-refractivity contribution in [1.29, 1.82) is 0 Å². The summed E-state index contributed by atoms with van der Waals surface area (Å²) < 4.78 is 19.3. The fourth-order valence-electron chi connectivity index (χ4n) is 3.95. The summed E-state index contributed by atoms with van der Waals surface area (Å²) >= 11 is 0. The van der Waals surface area contributed by atoms with E-state index in [1.807, 2.05) is 49.5 Å². The molecule has 0 atom stereocenters. The Bertz CT molecular complexity index is 1270. The molecule has 5 heteroatoms. The molecule has 0 amide bonds. The van der Waals surface area contributed by atoms with Crippen LogP contribution in [0.25, 0.3) is 22.5 Å². The molecule has 4 nitrogen and oxygen atoms in total. The molecular formula is C28H24FN3O. The van der Waals surface area contributed by atoms with Crippen LogP contribution < -0.4 is 10.2 Å². The normalized spacial score (nSPS) is 13.8. The lowest BCUT2D eigenvalue weighted by Gasteiger charge is -2.12. The number of ether oxygens (including phenoxy) is 1. The molecule has 3 aromatic carbocycles. The van der Waals surface area contributed by atoms with Crippen molar-refractivity contribution in [3.05, 3.63) is 120 Å². The maximum atomic E-state index is 13.3. The Morgan fingerprint density at radius 3 is 2.36 bits per heavy atom. The van der Waals surface area contributed by atoms with E-state index >= 15 is 0 Å². The van der Waals surface area contributed by atoms with Crippen molar-refractivity contribution >= 4 is 11.3 Å². The van der Waals surface area contributed by atoms with Gasteiger partial charge in [-0.1, -0.05) is 42.5 Å². The molecule has 1 N–H and O–H groups in total. The lowest BCUT2D eigenvalue weighted by molar-refractivity contribution is 0.306. The standard InChI is InChI=1S/C28H24FN3O/c1-32-18-26(21-9-13-25(14-10-21)33-19-20-5-3-2-4-6-20)28(31-32)23-15-16-30-27(17-23)22-7-11-24(29)12-8-22/h2-17,31H,18-19H2,1H3. The van der Waals surface area contributed by atoms with Gasteiger partial charge in [0.25, 0.3) is 0 Å². The number of pyridine rings is 1. The number of nitrogens with one attached hydrogen (secondary N) is 1. The van der Waals surface area contributed by atoms with Crippen LogP contribution in [0.1, 0.15) is 16.7 Å². The van der Waals surface area contributed by atoms with Crippen LogP contribution in [0.5, 0.6) is 5.75 Å². The minimum Gasteiger partial charge on any atom is -0.489 e. The van der Waals surface area contributed by atoms with Gasteiger partial charge in [-0.3, -0.25) is 4.98 Å². The minimum absolute atomic E-state index is 0.254. The van der Waals surface area contributed by atoms with Crippen molar-refractivity contribution in [2.75, 3.05) is 13.6 Å². The summed E-state index contributed by atoms with van der Waals surface area (Å²) in [6.07, 6.45) is 1.79. The molecule has 0 bridgehead atoms. The average Bonchev–Trinajstić information content (AvgIpc) is 3.26. The number of hydrogen-bond donors (Lipinski definition) is 1. The van der Waals surface area contributed by atoms with Gasteiger partial charge in [0.2, 0.25) is 0 Å². The van der Waals surface area contributed by atoms with Crippen molar-refractivity contribution < 1.29 is 9.13 Å². The zero-order valence-corrected chi connectivity index (χ0v) is 18.3. The third-order valence-corrected chi connectivity index (χ3v) is 5.64. The van der Waals surface area contributed by atoms with Gasteiger partial charge in [-0.2, -0.15) is 0 Å². The second-order valence-corrected chi connectivity index (χ2v) is 8.06. The predicted octanol–water partition coefficient (Wildman–Crippen LogP) is 5.79. The predicted molar refractivity (Wildman–Crippen MR) is 129 cm³/mol. The van der Waals surface area contributed by atoms with E-state index in [0.29, 0.717) is 6.61 Å². The number of halogens is 1.